The van der Waals surface area contributed by atoms with Gasteiger partial charge < -0.3 is 19.5 Å². The molecule has 8 nitrogen and oxygen atoms in total. The SMILES string of the molecule is COc1ccc(NC(=O)CNS(=O)(=O)c2ccc(OC)c(OC)c2)c(Cc2ccccc2Cl)c1. The summed E-state index contributed by atoms with van der Waals surface area (Å²) in [6.45, 7) is -0.464. The van der Waals surface area contributed by atoms with Crippen LogP contribution in [0.15, 0.2) is 65.6 Å². The van der Waals surface area contributed by atoms with Crippen LogP contribution in [0.3, 0.4) is 0 Å². The van der Waals surface area contributed by atoms with Gasteiger partial charge in [0.05, 0.1) is 32.8 Å². The van der Waals surface area contributed by atoms with Crippen LogP contribution in [0.4, 0.5) is 5.69 Å². The van der Waals surface area contributed by atoms with Gasteiger partial charge in [-0.1, -0.05) is 29.8 Å². The summed E-state index contributed by atoms with van der Waals surface area (Å²) < 4.78 is 43.2. The number of ether oxygens (including phenoxy) is 3. The van der Waals surface area contributed by atoms with Crippen molar-refractivity contribution in [2.45, 2.75) is 11.3 Å². The van der Waals surface area contributed by atoms with E-state index >= 15 is 0 Å². The monoisotopic (exact) mass is 504 g/mol. The highest BCUT2D eigenvalue weighted by Gasteiger charge is 2.19. The Balaban J connectivity index is 1.74. The lowest BCUT2D eigenvalue weighted by atomic mass is 10.0. The average molecular weight is 505 g/mol. The Morgan fingerprint density at radius 3 is 2.29 bits per heavy atom. The second-order valence-electron chi connectivity index (χ2n) is 7.18. The molecule has 0 aliphatic rings. The molecule has 2 N–H and O–H groups in total. The zero-order valence-corrected chi connectivity index (χ0v) is 20.5. The first kappa shape index (κ1) is 25.4. The second-order valence-corrected chi connectivity index (χ2v) is 9.35. The van der Waals surface area contributed by atoms with Crippen molar-refractivity contribution in [2.75, 3.05) is 33.2 Å². The molecular formula is C24H25ClN2O6S. The number of hydrogen-bond acceptors (Lipinski definition) is 6. The number of anilines is 1. The molecule has 0 atom stereocenters. The standard InChI is InChI=1S/C24H25ClN2O6S/c1-31-18-8-10-21(17(13-18)12-16-6-4-5-7-20(16)25)27-24(28)15-26-34(29,30)19-9-11-22(32-2)23(14-19)33-3/h4-11,13-14,26H,12,15H2,1-3H3,(H,27,28). The van der Waals surface area contributed by atoms with Gasteiger partial charge in [0, 0.05) is 23.2 Å². The molecule has 1 amide bonds. The number of carbonyl (C=O) groups excluding carboxylic acids is 1. The van der Waals surface area contributed by atoms with Gasteiger partial charge in [-0.3, -0.25) is 4.79 Å². The van der Waals surface area contributed by atoms with Crippen molar-refractivity contribution in [3.8, 4) is 17.2 Å². The van der Waals surface area contributed by atoms with Crippen LogP contribution in [-0.4, -0.2) is 42.2 Å². The first-order valence-electron chi connectivity index (χ1n) is 10.2. The van der Waals surface area contributed by atoms with Crippen molar-refractivity contribution in [2.24, 2.45) is 0 Å². The van der Waals surface area contributed by atoms with Gasteiger partial charge in [0.25, 0.3) is 0 Å². The van der Waals surface area contributed by atoms with Crippen LogP contribution < -0.4 is 24.2 Å². The van der Waals surface area contributed by atoms with Crippen molar-refractivity contribution in [1.82, 2.24) is 4.72 Å². The quantitative estimate of drug-likeness (QED) is 0.434. The minimum absolute atomic E-state index is 0.0539. The number of benzene rings is 3. The molecule has 0 aromatic heterocycles. The minimum atomic E-state index is -3.96. The predicted octanol–water partition coefficient (Wildman–Crippen LogP) is 3.87. The average Bonchev–Trinajstić information content (AvgIpc) is 2.84. The number of carbonyl (C=O) groups is 1. The second kappa shape index (κ2) is 11.2. The van der Waals surface area contributed by atoms with Crippen LogP contribution in [0.2, 0.25) is 5.02 Å². The maximum absolute atomic E-state index is 12.7. The third-order valence-corrected chi connectivity index (χ3v) is 6.78. The fraction of sp³-hybridized carbons (Fsp3) is 0.208. The predicted molar refractivity (Wildman–Crippen MR) is 131 cm³/mol. The number of hydrogen-bond donors (Lipinski definition) is 2. The minimum Gasteiger partial charge on any atom is -0.497 e. The molecule has 0 heterocycles. The lowest BCUT2D eigenvalue weighted by Gasteiger charge is -2.14. The van der Waals surface area contributed by atoms with Gasteiger partial charge in [0.1, 0.15) is 5.75 Å². The summed E-state index contributed by atoms with van der Waals surface area (Å²) in [7, 11) is 0.447. The van der Waals surface area contributed by atoms with E-state index in [4.69, 9.17) is 25.8 Å². The largest absolute Gasteiger partial charge is 0.497 e. The maximum Gasteiger partial charge on any atom is 0.241 e. The first-order chi connectivity index (χ1) is 16.3. The molecule has 10 heteroatoms. The molecule has 34 heavy (non-hydrogen) atoms. The van der Waals surface area contributed by atoms with Crippen molar-refractivity contribution in [1.29, 1.82) is 0 Å². The molecule has 3 rings (SSSR count). The van der Waals surface area contributed by atoms with Crippen LogP contribution in [0.25, 0.3) is 0 Å². The molecule has 0 saturated carbocycles. The molecule has 0 aliphatic heterocycles. The summed E-state index contributed by atoms with van der Waals surface area (Å²) >= 11 is 6.29. The molecule has 0 unspecified atom stereocenters. The van der Waals surface area contributed by atoms with Gasteiger partial charge in [-0.2, -0.15) is 0 Å². The fourth-order valence-corrected chi connectivity index (χ4v) is 4.43. The Morgan fingerprint density at radius 1 is 0.882 bits per heavy atom. The maximum atomic E-state index is 12.7. The Morgan fingerprint density at radius 2 is 1.62 bits per heavy atom. The molecule has 0 saturated heterocycles. The Bertz CT molecular complexity index is 1280. The first-order valence-corrected chi connectivity index (χ1v) is 12.1. The van der Waals surface area contributed by atoms with E-state index in [-0.39, 0.29) is 10.6 Å². The molecule has 180 valence electrons. The van der Waals surface area contributed by atoms with Crippen molar-refractivity contribution in [3.63, 3.8) is 0 Å². The third-order valence-electron chi connectivity index (χ3n) is 5.01. The summed E-state index contributed by atoms with van der Waals surface area (Å²) in [6, 6.07) is 16.8. The fourth-order valence-electron chi connectivity index (χ4n) is 3.23. The molecule has 0 bridgehead atoms. The molecule has 0 radical (unpaired) electrons. The summed E-state index contributed by atoms with van der Waals surface area (Å²) in [5.41, 5.74) is 2.17. The van der Waals surface area contributed by atoms with Crippen LogP contribution in [0.1, 0.15) is 11.1 Å². The van der Waals surface area contributed by atoms with Gasteiger partial charge in [-0.05, 0) is 47.5 Å². The highest BCUT2D eigenvalue weighted by atomic mass is 35.5. The van der Waals surface area contributed by atoms with E-state index in [2.05, 4.69) is 10.0 Å². The van der Waals surface area contributed by atoms with E-state index in [0.717, 1.165) is 11.1 Å². The highest BCUT2D eigenvalue weighted by molar-refractivity contribution is 7.89. The van der Waals surface area contributed by atoms with E-state index in [1.54, 1.807) is 31.4 Å². The van der Waals surface area contributed by atoms with Gasteiger partial charge in [-0.15, -0.1) is 0 Å². The molecular weight excluding hydrogens is 480 g/mol. The van der Waals surface area contributed by atoms with E-state index < -0.39 is 22.5 Å². The lowest BCUT2D eigenvalue weighted by molar-refractivity contribution is -0.115. The summed E-state index contributed by atoms with van der Waals surface area (Å²) in [6.07, 6.45) is 0.448. The van der Waals surface area contributed by atoms with Gasteiger partial charge in [-0.25, -0.2) is 13.1 Å². The normalized spacial score (nSPS) is 11.1. The molecule has 3 aromatic carbocycles. The number of halogens is 1. The molecule has 3 aromatic rings. The molecule has 0 fully saturated rings. The van der Waals surface area contributed by atoms with Crippen LogP contribution >= 0.6 is 11.6 Å². The van der Waals surface area contributed by atoms with Crippen LogP contribution in [-0.2, 0) is 21.2 Å². The number of methoxy groups -OCH3 is 3. The van der Waals surface area contributed by atoms with Crippen molar-refractivity contribution >= 4 is 33.2 Å². The van der Waals surface area contributed by atoms with E-state index in [0.29, 0.717) is 28.6 Å². The lowest BCUT2D eigenvalue weighted by Crippen LogP contribution is -2.33. The molecule has 0 spiro atoms. The highest BCUT2D eigenvalue weighted by Crippen LogP contribution is 2.30. The number of amides is 1. The van der Waals surface area contributed by atoms with Crippen molar-refractivity contribution in [3.05, 3.63) is 76.8 Å². The third kappa shape index (κ3) is 6.19. The number of nitrogens with one attached hydrogen (secondary N) is 2. The van der Waals surface area contributed by atoms with Gasteiger partial charge >= 0.3 is 0 Å². The zero-order valence-electron chi connectivity index (χ0n) is 18.9. The summed E-state index contributed by atoms with van der Waals surface area (Å²) in [5.74, 6) is 0.742. The Hall–Kier alpha value is -3.27. The van der Waals surface area contributed by atoms with Gasteiger partial charge in [0.15, 0.2) is 11.5 Å². The summed E-state index contributed by atoms with van der Waals surface area (Å²) in [4.78, 5) is 12.5. The number of rotatable bonds is 10. The van der Waals surface area contributed by atoms with E-state index in [9.17, 15) is 13.2 Å². The smallest absolute Gasteiger partial charge is 0.241 e. The van der Waals surface area contributed by atoms with E-state index in [1.807, 2.05) is 18.2 Å². The summed E-state index contributed by atoms with van der Waals surface area (Å²) in [5, 5.41) is 3.36. The van der Waals surface area contributed by atoms with Crippen molar-refractivity contribution < 1.29 is 27.4 Å². The topological polar surface area (TPSA) is 103 Å². The number of sulfonamides is 1. The van der Waals surface area contributed by atoms with Crippen LogP contribution in [0, 0.1) is 0 Å². The van der Waals surface area contributed by atoms with Gasteiger partial charge in [0.2, 0.25) is 15.9 Å². The Kier molecular flexibility index (Phi) is 8.38. The van der Waals surface area contributed by atoms with E-state index in [1.165, 1.54) is 32.4 Å². The van der Waals surface area contributed by atoms with Crippen LogP contribution in [0.5, 0.6) is 17.2 Å². The Labute approximate surface area is 203 Å². The molecule has 0 aliphatic carbocycles. The zero-order chi connectivity index (χ0) is 24.7.